The summed E-state index contributed by atoms with van der Waals surface area (Å²) in [5.41, 5.74) is 6.86. The molecule has 3 N–H and O–H groups in total. The lowest BCUT2D eigenvalue weighted by molar-refractivity contribution is -0.136. The third-order valence-corrected chi connectivity index (χ3v) is 13.6. The van der Waals surface area contributed by atoms with Gasteiger partial charge in [0.25, 0.3) is 17.7 Å². The summed E-state index contributed by atoms with van der Waals surface area (Å²) >= 11 is 0. The fourth-order valence-corrected chi connectivity index (χ4v) is 9.83. The molecule has 9 rings (SSSR count). The van der Waals surface area contributed by atoms with Crippen molar-refractivity contribution < 1.29 is 52.2 Å². The van der Waals surface area contributed by atoms with Crippen molar-refractivity contribution in [3.8, 4) is 28.1 Å². The number of aryl methyl sites for hydroxylation is 2. The van der Waals surface area contributed by atoms with E-state index in [0.29, 0.717) is 58.6 Å². The first-order chi connectivity index (χ1) is 35.0. The minimum Gasteiger partial charge on any atom is -0.483 e. The normalized spacial score (nSPS) is 17.4. The van der Waals surface area contributed by atoms with Crippen LogP contribution in [-0.2, 0) is 33.4 Å². The van der Waals surface area contributed by atoms with Crippen LogP contribution in [0.3, 0.4) is 0 Å². The number of piperidine rings is 1. The van der Waals surface area contributed by atoms with Crippen molar-refractivity contribution in [3.05, 3.63) is 83.4 Å². The molecule has 4 aliphatic rings. The number of amides is 6. The lowest BCUT2D eigenvalue weighted by Gasteiger charge is -2.36. The van der Waals surface area contributed by atoms with Gasteiger partial charge in [0.2, 0.25) is 17.7 Å². The van der Waals surface area contributed by atoms with Crippen molar-refractivity contribution in [1.29, 1.82) is 0 Å². The molecule has 1 saturated carbocycles. The number of ether oxygens (including phenoxy) is 4. The van der Waals surface area contributed by atoms with E-state index < -0.39 is 42.2 Å². The first-order valence-corrected chi connectivity index (χ1v) is 24.9. The third kappa shape index (κ3) is 11.3. The van der Waals surface area contributed by atoms with Gasteiger partial charge in [-0.3, -0.25) is 43.4 Å². The van der Waals surface area contributed by atoms with Crippen molar-refractivity contribution in [3.63, 3.8) is 0 Å². The van der Waals surface area contributed by atoms with Crippen LogP contribution in [0.1, 0.15) is 83.5 Å². The molecule has 6 amide bonds. The zero-order valence-electron chi connectivity index (χ0n) is 40.7. The van der Waals surface area contributed by atoms with Crippen LogP contribution in [-0.4, -0.2) is 151 Å². The van der Waals surface area contributed by atoms with Gasteiger partial charge >= 0.3 is 0 Å². The van der Waals surface area contributed by atoms with E-state index >= 15 is 0 Å². The van der Waals surface area contributed by atoms with E-state index in [1.54, 1.807) is 0 Å². The molecule has 3 fully saturated rings. The smallest absolute Gasteiger partial charge is 0.266 e. The van der Waals surface area contributed by atoms with Gasteiger partial charge in [-0.1, -0.05) is 42.6 Å². The lowest BCUT2D eigenvalue weighted by atomic mass is 9.95. The van der Waals surface area contributed by atoms with Crippen LogP contribution in [0.2, 0.25) is 0 Å². The van der Waals surface area contributed by atoms with Crippen LogP contribution in [0.4, 0.5) is 11.5 Å². The number of piperazine rings is 1. The van der Waals surface area contributed by atoms with Crippen molar-refractivity contribution in [2.24, 2.45) is 0 Å². The van der Waals surface area contributed by atoms with E-state index in [2.05, 4.69) is 73.0 Å². The summed E-state index contributed by atoms with van der Waals surface area (Å²) in [4.78, 5) is 85.9. The fourth-order valence-electron chi connectivity index (χ4n) is 9.83. The Morgan fingerprint density at radius 3 is 2.24 bits per heavy atom. The van der Waals surface area contributed by atoms with Crippen LogP contribution < -0.4 is 25.6 Å². The maximum Gasteiger partial charge on any atom is 0.266 e. The number of rotatable bonds is 21. The zero-order chi connectivity index (χ0) is 50.1. The summed E-state index contributed by atoms with van der Waals surface area (Å²) in [6.07, 6.45) is 8.45. The number of nitrogens with zero attached hydrogens (tertiary/aromatic N) is 6. The molecule has 380 valence electrons. The number of carbonyl (C=O) groups is 6. The Hall–Kier alpha value is -7.16. The van der Waals surface area contributed by atoms with Gasteiger partial charge in [-0.2, -0.15) is 0 Å². The van der Waals surface area contributed by atoms with Crippen LogP contribution in [0.25, 0.3) is 28.0 Å². The number of nitrogens with one attached hydrogen (secondary N) is 3. The topological polar surface area (TPSA) is 228 Å². The largest absolute Gasteiger partial charge is 0.483 e. The van der Waals surface area contributed by atoms with Crippen LogP contribution in [0, 0.1) is 13.8 Å². The monoisotopic (exact) mass is 987 g/mol. The number of hydrogen-bond donors (Lipinski definition) is 3. The predicted octanol–water partition coefficient (Wildman–Crippen LogP) is 4.70. The average molecular weight is 988 g/mol. The second-order valence-corrected chi connectivity index (χ2v) is 18.4. The molecule has 5 aromatic rings. The molecule has 0 spiro atoms. The Kier molecular flexibility index (Phi) is 15.9. The highest BCUT2D eigenvalue weighted by molar-refractivity contribution is 6.24. The predicted molar refractivity (Wildman–Crippen MR) is 264 cm³/mol. The van der Waals surface area contributed by atoms with E-state index in [0.717, 1.165) is 81.8 Å². The van der Waals surface area contributed by atoms with Gasteiger partial charge in [0, 0.05) is 73.8 Å². The minimum atomic E-state index is -1.11. The maximum absolute atomic E-state index is 13.2. The van der Waals surface area contributed by atoms with Gasteiger partial charge in [0.15, 0.2) is 6.61 Å². The van der Waals surface area contributed by atoms with Crippen LogP contribution in [0.15, 0.2) is 65.3 Å². The van der Waals surface area contributed by atoms with Gasteiger partial charge in [0.1, 0.15) is 34.7 Å². The number of imide groups is 2. The lowest BCUT2D eigenvalue weighted by Crippen LogP contribution is -2.54. The molecule has 2 saturated heterocycles. The van der Waals surface area contributed by atoms with Crippen molar-refractivity contribution in [2.45, 2.75) is 77.3 Å². The van der Waals surface area contributed by atoms with Gasteiger partial charge in [-0.15, -0.1) is 0 Å². The molecule has 20 heteroatoms. The molecular formula is C52H61N9O11. The van der Waals surface area contributed by atoms with Crippen molar-refractivity contribution >= 4 is 52.6 Å². The molecule has 2 aromatic carbocycles. The average Bonchev–Trinajstić information content (AvgIpc) is 4.01. The van der Waals surface area contributed by atoms with Gasteiger partial charge in [-0.25, -0.2) is 4.98 Å². The van der Waals surface area contributed by atoms with E-state index in [-0.39, 0.29) is 48.8 Å². The highest BCUT2D eigenvalue weighted by Crippen LogP contribution is 2.36. The van der Waals surface area contributed by atoms with Gasteiger partial charge < -0.3 is 43.9 Å². The summed E-state index contributed by atoms with van der Waals surface area (Å²) in [5.74, 6) is -1.14. The second-order valence-electron chi connectivity index (χ2n) is 18.4. The number of anilines is 2. The van der Waals surface area contributed by atoms with Crippen molar-refractivity contribution in [1.82, 2.24) is 35.0 Å². The van der Waals surface area contributed by atoms with Crippen LogP contribution >= 0.6 is 0 Å². The Bertz CT molecular complexity index is 2770. The molecule has 1 atom stereocenters. The summed E-state index contributed by atoms with van der Waals surface area (Å²) in [6, 6.07) is 16.4. The number of carbonyl (C=O) groups excluding carboxylic acids is 6. The molecule has 20 nitrogen and oxygen atoms in total. The number of fused-ring (bicyclic) bond motifs is 2. The highest BCUT2D eigenvalue weighted by atomic mass is 16.5. The highest BCUT2D eigenvalue weighted by Gasteiger charge is 2.46. The molecule has 3 aliphatic heterocycles. The Labute approximate surface area is 416 Å². The molecule has 3 aromatic heterocycles. The van der Waals surface area contributed by atoms with E-state index in [4.69, 9.17) is 28.5 Å². The minimum absolute atomic E-state index is 0.00508. The number of benzene rings is 2. The Morgan fingerprint density at radius 2 is 1.51 bits per heavy atom. The van der Waals surface area contributed by atoms with Crippen LogP contribution in [0.5, 0.6) is 5.75 Å². The summed E-state index contributed by atoms with van der Waals surface area (Å²) < 4.78 is 30.1. The summed E-state index contributed by atoms with van der Waals surface area (Å²) in [5, 5.41) is 12.9. The standard InChI is InChI=1S/C52H61N9O11/c1-33-46(34(2)72-57-33)36-13-17-42-55-48(49(60(42)31-36)54-37-7-4-3-5-8-37)35-11-14-38(15-12-35)58-21-23-59(24-22-58)45(64)19-25-68-27-29-70-30-28-69-26-20-53-44(63)32-71-41-10-6-9-39-47(41)52(67)61(51(39)66)40-16-18-43(62)56-50(40)65/h6,9-15,17,31,37,40,54H,3-5,7-8,16,18-30,32H2,1-2H3,(H,53,63)(H,56,62,65). The van der Waals surface area contributed by atoms with E-state index in [9.17, 15) is 28.8 Å². The molecule has 0 bridgehead atoms. The van der Waals surface area contributed by atoms with E-state index in [1.165, 1.54) is 37.5 Å². The fraction of sp³-hybridized carbons (Fsp3) is 0.462. The number of pyridine rings is 1. The molecule has 1 unspecified atom stereocenters. The summed E-state index contributed by atoms with van der Waals surface area (Å²) in [7, 11) is 0. The zero-order valence-corrected chi connectivity index (χ0v) is 40.7. The molecule has 6 heterocycles. The first kappa shape index (κ1) is 49.8. The van der Waals surface area contributed by atoms with Crippen molar-refractivity contribution in [2.75, 3.05) is 89.2 Å². The molecular weight excluding hydrogens is 927 g/mol. The third-order valence-electron chi connectivity index (χ3n) is 13.6. The number of hydrogen-bond acceptors (Lipinski definition) is 15. The molecule has 1 aliphatic carbocycles. The number of aromatic nitrogens is 3. The first-order valence-electron chi connectivity index (χ1n) is 24.9. The quantitative estimate of drug-likeness (QED) is 0.0669. The number of imidazole rings is 1. The summed E-state index contributed by atoms with van der Waals surface area (Å²) in [6.45, 7) is 8.22. The Morgan fingerprint density at radius 1 is 0.792 bits per heavy atom. The SMILES string of the molecule is Cc1noc(C)c1-c1ccc2nc(-c3ccc(N4CCN(C(=O)CCOCCOCCOCCNC(=O)COc5cccc6c5C(=O)N(C5CCC(=O)NC5=O)C6=O)CC4)cc3)c(NC3CCCCC3)n2c1. The molecule has 0 radical (unpaired) electrons. The maximum atomic E-state index is 13.2. The second kappa shape index (κ2) is 22.9. The van der Waals surface area contributed by atoms with Gasteiger partial charge in [-0.05, 0) is 69.5 Å². The van der Waals surface area contributed by atoms with Gasteiger partial charge in [0.05, 0.1) is 62.9 Å². The Balaban J connectivity index is 0.635. The van der Waals surface area contributed by atoms with E-state index in [1.807, 2.05) is 18.7 Å². The molecule has 72 heavy (non-hydrogen) atoms.